The molecule has 5 heteroatoms. The maximum absolute atomic E-state index is 12.6. The maximum atomic E-state index is 12.6. The van der Waals surface area contributed by atoms with Gasteiger partial charge >= 0.3 is 11.9 Å². The molecule has 0 aromatic carbocycles. The molecule has 0 saturated heterocycles. The number of carbonyl (C=O) groups is 2. The lowest BCUT2D eigenvalue weighted by atomic mass is 9.91. The molecule has 1 heterocycles. The second-order valence-electron chi connectivity index (χ2n) is 6.64. The van der Waals surface area contributed by atoms with Crippen LogP contribution in [0.25, 0.3) is 0 Å². The van der Waals surface area contributed by atoms with Crippen LogP contribution in [0, 0.1) is 5.92 Å². The molecule has 0 radical (unpaired) electrons. The molecule has 132 valence electrons. The molecule has 0 unspecified atom stereocenters. The number of carbonyl (C=O) groups excluding carboxylic acids is 2. The van der Waals surface area contributed by atoms with Gasteiger partial charge in [0.05, 0.1) is 25.6 Å². The van der Waals surface area contributed by atoms with Crippen LogP contribution in [-0.2, 0) is 16.6 Å². The molecule has 0 aliphatic heterocycles. The molecular formula is C19H29N2O3+. The summed E-state index contributed by atoms with van der Waals surface area (Å²) < 4.78 is 6.47. The van der Waals surface area contributed by atoms with Crippen molar-refractivity contribution < 1.29 is 18.9 Å². The van der Waals surface area contributed by atoms with Crippen molar-refractivity contribution in [2.75, 3.05) is 12.4 Å². The molecule has 1 aliphatic rings. The molecule has 2 rings (SSSR count). The minimum Gasteiger partial charge on any atom is -0.465 e. The van der Waals surface area contributed by atoms with Crippen molar-refractivity contribution in [2.24, 2.45) is 13.0 Å². The van der Waals surface area contributed by atoms with Crippen LogP contribution < -0.4 is 9.88 Å². The summed E-state index contributed by atoms with van der Waals surface area (Å²) >= 11 is 0. The van der Waals surface area contributed by atoms with Gasteiger partial charge in [-0.25, -0.2) is 19.5 Å². The lowest BCUT2D eigenvalue weighted by Gasteiger charge is -2.15. The number of aromatic nitrogens is 1. The molecule has 1 aliphatic carbocycles. The number of aryl methyl sites for hydroxylation is 1. The van der Waals surface area contributed by atoms with Crippen molar-refractivity contribution in [3.8, 4) is 0 Å². The highest BCUT2D eigenvalue weighted by atomic mass is 16.5. The van der Waals surface area contributed by atoms with Crippen LogP contribution in [0.4, 0.5) is 5.82 Å². The first-order valence-corrected chi connectivity index (χ1v) is 9.00. The minimum absolute atomic E-state index is 0.0865. The van der Waals surface area contributed by atoms with Crippen LogP contribution in [0.3, 0.4) is 0 Å². The summed E-state index contributed by atoms with van der Waals surface area (Å²) in [4.78, 5) is 24.2. The van der Waals surface area contributed by atoms with Gasteiger partial charge in [0.2, 0.25) is 0 Å². The molecule has 1 fully saturated rings. The number of ether oxygens (including phenoxy) is 1. The molecule has 1 aromatic rings. The van der Waals surface area contributed by atoms with Crippen molar-refractivity contribution in [3.63, 3.8) is 0 Å². The minimum atomic E-state index is -0.379. The predicted octanol–water partition coefficient (Wildman–Crippen LogP) is 3.38. The van der Waals surface area contributed by atoms with Crippen LogP contribution >= 0.6 is 0 Å². The highest BCUT2D eigenvalue weighted by molar-refractivity contribution is 5.92. The number of nitrogens with zero attached hydrogens (tertiary/aromatic N) is 1. The van der Waals surface area contributed by atoms with E-state index in [1.807, 2.05) is 7.05 Å². The zero-order chi connectivity index (χ0) is 17.4. The number of rotatable bonds is 3. The highest BCUT2D eigenvalue weighted by Gasteiger charge is 2.24. The van der Waals surface area contributed by atoms with E-state index >= 15 is 0 Å². The second kappa shape index (κ2) is 9.40. The summed E-state index contributed by atoms with van der Waals surface area (Å²) in [5.74, 6) is 0.501. The average molecular weight is 333 g/mol. The van der Waals surface area contributed by atoms with Gasteiger partial charge in [0.15, 0.2) is 0 Å². The molecule has 0 atom stereocenters. The quantitative estimate of drug-likeness (QED) is 0.681. The van der Waals surface area contributed by atoms with Gasteiger partial charge in [0.25, 0.3) is 5.82 Å². The van der Waals surface area contributed by atoms with Crippen molar-refractivity contribution in [3.05, 3.63) is 23.9 Å². The monoisotopic (exact) mass is 333 g/mol. The summed E-state index contributed by atoms with van der Waals surface area (Å²) in [6.45, 7) is 0. The molecule has 1 aromatic heterocycles. The van der Waals surface area contributed by atoms with E-state index in [9.17, 15) is 9.59 Å². The Bertz CT molecular complexity index is 562. The fourth-order valence-corrected chi connectivity index (χ4v) is 3.28. The predicted molar refractivity (Wildman–Crippen MR) is 92.6 cm³/mol. The van der Waals surface area contributed by atoms with Crippen LogP contribution in [0.2, 0.25) is 0 Å². The van der Waals surface area contributed by atoms with Crippen LogP contribution in [-0.4, -0.2) is 19.0 Å². The van der Waals surface area contributed by atoms with Crippen molar-refractivity contribution in [1.82, 2.24) is 0 Å². The van der Waals surface area contributed by atoms with Crippen LogP contribution in [0.5, 0.6) is 0 Å². The Labute approximate surface area is 144 Å². The smallest absolute Gasteiger partial charge is 0.341 e. The topological polar surface area (TPSA) is 59.3 Å². The first-order valence-electron chi connectivity index (χ1n) is 9.00. The van der Waals surface area contributed by atoms with Crippen LogP contribution in [0.15, 0.2) is 18.3 Å². The van der Waals surface area contributed by atoms with Gasteiger partial charge in [-0.1, -0.05) is 44.9 Å². The summed E-state index contributed by atoms with van der Waals surface area (Å²) in [5.41, 5.74) is 0.469. The first-order chi connectivity index (χ1) is 11.6. The lowest BCUT2D eigenvalue weighted by molar-refractivity contribution is -0.657. The number of anilines is 1. The van der Waals surface area contributed by atoms with E-state index in [1.54, 1.807) is 22.9 Å². The fraction of sp³-hybridized carbons (Fsp3) is 0.632. The first kappa shape index (κ1) is 18.4. The number of methoxy groups -OCH3 is 1. The Morgan fingerprint density at radius 3 is 2.17 bits per heavy atom. The Hall–Kier alpha value is -1.91. The van der Waals surface area contributed by atoms with E-state index in [0.717, 1.165) is 25.7 Å². The molecule has 0 spiro atoms. The number of amides is 1. The number of esters is 1. The molecule has 24 heavy (non-hydrogen) atoms. The molecule has 1 amide bonds. The largest absolute Gasteiger partial charge is 0.465 e. The zero-order valence-corrected chi connectivity index (χ0v) is 14.8. The van der Waals surface area contributed by atoms with Gasteiger partial charge in [-0.15, -0.1) is 0 Å². The third kappa shape index (κ3) is 5.32. The van der Waals surface area contributed by atoms with Crippen molar-refractivity contribution in [2.45, 2.75) is 57.8 Å². The van der Waals surface area contributed by atoms with E-state index in [-0.39, 0.29) is 17.8 Å². The molecule has 5 nitrogen and oxygen atoms in total. The molecule has 0 bridgehead atoms. The van der Waals surface area contributed by atoms with Crippen molar-refractivity contribution >= 4 is 17.7 Å². The molecule has 1 N–H and O–H groups in total. The summed E-state index contributed by atoms with van der Waals surface area (Å²) in [6, 6.07) is 3.43. The second-order valence-corrected chi connectivity index (χ2v) is 6.64. The van der Waals surface area contributed by atoms with E-state index in [0.29, 0.717) is 11.4 Å². The van der Waals surface area contributed by atoms with E-state index in [2.05, 4.69) is 5.32 Å². The normalized spacial score (nSPS) is 17.1. The third-order valence-corrected chi connectivity index (χ3v) is 4.78. The van der Waals surface area contributed by atoms with Gasteiger partial charge in [0, 0.05) is 6.07 Å². The van der Waals surface area contributed by atoms with E-state index < -0.39 is 0 Å². The maximum Gasteiger partial charge on any atom is 0.341 e. The lowest BCUT2D eigenvalue weighted by Crippen LogP contribution is -2.36. The zero-order valence-electron chi connectivity index (χ0n) is 14.8. The summed E-state index contributed by atoms with van der Waals surface area (Å²) in [6.07, 6.45) is 12.2. The van der Waals surface area contributed by atoms with Gasteiger partial charge in [0.1, 0.15) is 6.20 Å². The van der Waals surface area contributed by atoms with Gasteiger partial charge in [-0.05, 0) is 18.9 Å². The van der Waals surface area contributed by atoms with Crippen molar-refractivity contribution in [1.29, 1.82) is 0 Å². The van der Waals surface area contributed by atoms with E-state index in [4.69, 9.17) is 4.74 Å². The Morgan fingerprint density at radius 1 is 1.04 bits per heavy atom. The summed E-state index contributed by atoms with van der Waals surface area (Å²) in [7, 11) is 3.17. The Morgan fingerprint density at radius 2 is 1.62 bits per heavy atom. The number of hydrogen-bond acceptors (Lipinski definition) is 3. The van der Waals surface area contributed by atoms with E-state index in [1.165, 1.54) is 39.2 Å². The highest BCUT2D eigenvalue weighted by Crippen LogP contribution is 2.22. The van der Waals surface area contributed by atoms with Crippen LogP contribution in [0.1, 0.15) is 68.1 Å². The van der Waals surface area contributed by atoms with Gasteiger partial charge < -0.3 is 4.74 Å². The fourth-order valence-electron chi connectivity index (χ4n) is 3.28. The molecule has 1 saturated carbocycles. The third-order valence-electron chi connectivity index (χ3n) is 4.78. The SMILES string of the molecule is COC(=O)c1ccc(NC(=O)C2CCCCCCCCC2)[n+](C)c1. The average Bonchev–Trinajstić information content (AvgIpc) is 2.60. The number of hydrogen-bond donors (Lipinski definition) is 1. The Balaban J connectivity index is 2.00. The van der Waals surface area contributed by atoms with Gasteiger partial charge in [-0.2, -0.15) is 0 Å². The van der Waals surface area contributed by atoms with Gasteiger partial charge in [-0.3, -0.25) is 0 Å². The number of nitrogens with one attached hydrogen (secondary N) is 1. The standard InChI is InChI=1S/C19H28N2O3/c1-21-14-16(19(23)24-2)12-13-17(21)20-18(22)15-10-8-6-4-3-5-7-9-11-15/h12-15H,3-11H2,1-2H3/p+1. The Kier molecular flexibility index (Phi) is 7.22. The number of pyridine rings is 1. The summed E-state index contributed by atoms with van der Waals surface area (Å²) in [5, 5.41) is 3.02. The molecular weight excluding hydrogens is 304 g/mol.